The molecule has 1 aliphatic rings. The normalized spacial score (nSPS) is 16.0. The average molecular weight is 374 g/mol. The van der Waals surface area contributed by atoms with Crippen LogP contribution in [0.3, 0.4) is 0 Å². The molecule has 0 atom stereocenters. The molecular weight excluding hydrogens is 346 g/mol. The van der Waals surface area contributed by atoms with Gasteiger partial charge in [0.15, 0.2) is 0 Å². The first-order valence-corrected chi connectivity index (χ1v) is 10.6. The van der Waals surface area contributed by atoms with E-state index >= 15 is 0 Å². The van der Waals surface area contributed by atoms with Gasteiger partial charge in [-0.2, -0.15) is 0 Å². The third-order valence-electron chi connectivity index (χ3n) is 4.91. The van der Waals surface area contributed by atoms with Gasteiger partial charge in [0.2, 0.25) is 9.84 Å². The zero-order chi connectivity index (χ0) is 18.6. The molecule has 3 rings (SSSR count). The number of sulfone groups is 1. The number of hydrogen-bond acceptors (Lipinski definition) is 5. The molecule has 0 saturated carbocycles. The lowest BCUT2D eigenvalue weighted by Crippen LogP contribution is -2.44. The van der Waals surface area contributed by atoms with Gasteiger partial charge in [0, 0.05) is 31.9 Å². The smallest absolute Gasteiger partial charge is 0.206 e. The number of rotatable bonds is 6. The lowest BCUT2D eigenvalue weighted by molar-refractivity contribution is 0.313. The standard InChI is InChI=1S/C20H27N3O2S/c1-22-12-14-23(15-13-22)18-9-10-20(17(16-18)6-5-11-21)26(24,25)19-7-3-2-4-8-19/h2-4,7-10,16H,5-6,11-15,21H2,1H3. The van der Waals surface area contributed by atoms with Gasteiger partial charge in [0.05, 0.1) is 9.79 Å². The van der Waals surface area contributed by atoms with Gasteiger partial charge in [-0.05, 0) is 62.3 Å². The van der Waals surface area contributed by atoms with Crippen molar-refractivity contribution < 1.29 is 8.42 Å². The minimum atomic E-state index is -3.52. The highest BCUT2D eigenvalue weighted by atomic mass is 32.2. The highest BCUT2D eigenvalue weighted by Crippen LogP contribution is 2.29. The summed E-state index contributed by atoms with van der Waals surface area (Å²) in [7, 11) is -1.40. The SMILES string of the molecule is CN1CCN(c2ccc(S(=O)(=O)c3ccccc3)c(CCCN)c2)CC1. The van der Waals surface area contributed by atoms with Gasteiger partial charge in [-0.25, -0.2) is 8.42 Å². The molecule has 1 heterocycles. The quantitative estimate of drug-likeness (QED) is 0.841. The van der Waals surface area contributed by atoms with Crippen molar-refractivity contribution in [3.63, 3.8) is 0 Å². The molecule has 2 N–H and O–H groups in total. The maximum absolute atomic E-state index is 13.1. The molecule has 0 aromatic heterocycles. The lowest BCUT2D eigenvalue weighted by atomic mass is 10.1. The van der Waals surface area contributed by atoms with Crippen LogP contribution in [0.25, 0.3) is 0 Å². The van der Waals surface area contributed by atoms with Crippen LogP contribution in [0.5, 0.6) is 0 Å². The Hall–Kier alpha value is -1.89. The Morgan fingerprint density at radius 3 is 2.35 bits per heavy atom. The van der Waals surface area contributed by atoms with Crippen molar-refractivity contribution in [1.82, 2.24) is 4.90 Å². The molecule has 1 saturated heterocycles. The minimum absolute atomic E-state index is 0.335. The summed E-state index contributed by atoms with van der Waals surface area (Å²) in [5.41, 5.74) is 7.63. The van der Waals surface area contributed by atoms with Crippen LogP contribution in [0, 0.1) is 0 Å². The summed E-state index contributed by atoms with van der Waals surface area (Å²) < 4.78 is 26.2. The van der Waals surface area contributed by atoms with Crippen molar-refractivity contribution in [1.29, 1.82) is 0 Å². The van der Waals surface area contributed by atoms with Crippen LogP contribution in [0.2, 0.25) is 0 Å². The Kier molecular flexibility index (Phi) is 5.96. The molecule has 0 unspecified atom stereocenters. The molecule has 140 valence electrons. The molecule has 0 radical (unpaired) electrons. The predicted molar refractivity (Wildman–Crippen MR) is 105 cm³/mol. The molecule has 26 heavy (non-hydrogen) atoms. The lowest BCUT2D eigenvalue weighted by Gasteiger charge is -2.34. The highest BCUT2D eigenvalue weighted by molar-refractivity contribution is 7.91. The molecule has 2 aromatic carbocycles. The molecule has 2 aromatic rings. The zero-order valence-electron chi connectivity index (χ0n) is 15.3. The summed E-state index contributed by atoms with van der Waals surface area (Å²) in [6.45, 7) is 4.49. The van der Waals surface area contributed by atoms with Crippen molar-refractivity contribution in [3.05, 3.63) is 54.1 Å². The number of anilines is 1. The van der Waals surface area contributed by atoms with E-state index in [2.05, 4.69) is 16.8 Å². The fraction of sp³-hybridized carbons (Fsp3) is 0.400. The molecule has 0 amide bonds. The number of nitrogens with two attached hydrogens (primary N) is 1. The third-order valence-corrected chi connectivity index (χ3v) is 6.78. The van der Waals surface area contributed by atoms with Gasteiger partial charge < -0.3 is 15.5 Å². The van der Waals surface area contributed by atoms with Crippen molar-refractivity contribution in [2.45, 2.75) is 22.6 Å². The van der Waals surface area contributed by atoms with Crippen LogP contribution >= 0.6 is 0 Å². The van der Waals surface area contributed by atoms with E-state index in [4.69, 9.17) is 5.73 Å². The number of piperazine rings is 1. The van der Waals surface area contributed by atoms with E-state index in [0.717, 1.165) is 43.9 Å². The maximum atomic E-state index is 13.1. The van der Waals surface area contributed by atoms with Crippen molar-refractivity contribution in [2.75, 3.05) is 44.7 Å². The molecule has 1 fully saturated rings. The van der Waals surface area contributed by atoms with Gasteiger partial charge in [-0.15, -0.1) is 0 Å². The third kappa shape index (κ3) is 4.09. The number of likely N-dealkylation sites (N-methyl/N-ethyl adjacent to an activating group) is 1. The summed E-state index contributed by atoms with van der Waals surface area (Å²) in [6.07, 6.45) is 1.43. The first kappa shape index (κ1) is 18.9. The number of hydrogen-bond donors (Lipinski definition) is 1. The summed E-state index contributed by atoms with van der Waals surface area (Å²) >= 11 is 0. The van der Waals surface area contributed by atoms with Crippen LogP contribution in [0.15, 0.2) is 58.3 Å². The second-order valence-corrected chi connectivity index (χ2v) is 8.71. The summed E-state index contributed by atoms with van der Waals surface area (Å²) in [5.74, 6) is 0. The summed E-state index contributed by atoms with van der Waals surface area (Å²) in [4.78, 5) is 5.36. The molecule has 0 bridgehead atoms. The maximum Gasteiger partial charge on any atom is 0.206 e. The second-order valence-electron chi connectivity index (χ2n) is 6.79. The van der Waals surface area contributed by atoms with Gasteiger partial charge in [-0.1, -0.05) is 18.2 Å². The van der Waals surface area contributed by atoms with Crippen LogP contribution < -0.4 is 10.6 Å². The van der Waals surface area contributed by atoms with Gasteiger partial charge in [0.1, 0.15) is 0 Å². The molecule has 5 nitrogen and oxygen atoms in total. The molecule has 0 spiro atoms. The number of aryl methyl sites for hydroxylation is 1. The van der Waals surface area contributed by atoms with Crippen LogP contribution in [-0.2, 0) is 16.3 Å². The van der Waals surface area contributed by atoms with Crippen LogP contribution in [-0.4, -0.2) is 53.1 Å². The Morgan fingerprint density at radius 2 is 1.69 bits per heavy atom. The zero-order valence-corrected chi connectivity index (χ0v) is 16.1. The van der Waals surface area contributed by atoms with E-state index in [9.17, 15) is 8.42 Å². The van der Waals surface area contributed by atoms with E-state index in [1.165, 1.54) is 0 Å². The Balaban J connectivity index is 1.97. The second kappa shape index (κ2) is 8.20. The van der Waals surface area contributed by atoms with E-state index in [0.29, 0.717) is 22.8 Å². The van der Waals surface area contributed by atoms with E-state index in [1.54, 1.807) is 30.3 Å². The number of nitrogens with zero attached hydrogens (tertiary/aromatic N) is 2. The van der Waals surface area contributed by atoms with Crippen LogP contribution in [0.4, 0.5) is 5.69 Å². The van der Waals surface area contributed by atoms with Gasteiger partial charge in [0.25, 0.3) is 0 Å². The first-order chi connectivity index (χ1) is 12.5. The minimum Gasteiger partial charge on any atom is -0.369 e. The van der Waals surface area contributed by atoms with E-state index in [-0.39, 0.29) is 0 Å². The molecule has 6 heteroatoms. The molecule has 0 aliphatic carbocycles. The van der Waals surface area contributed by atoms with E-state index < -0.39 is 9.84 Å². The fourth-order valence-corrected chi connectivity index (χ4v) is 4.83. The predicted octanol–water partition coefficient (Wildman–Crippen LogP) is 2.16. The van der Waals surface area contributed by atoms with Gasteiger partial charge >= 0.3 is 0 Å². The molecular formula is C20H27N3O2S. The van der Waals surface area contributed by atoms with Gasteiger partial charge in [-0.3, -0.25) is 0 Å². The van der Waals surface area contributed by atoms with Crippen LogP contribution in [0.1, 0.15) is 12.0 Å². The molecule has 1 aliphatic heterocycles. The summed E-state index contributed by atoms with van der Waals surface area (Å²) in [5, 5.41) is 0. The van der Waals surface area contributed by atoms with Crippen molar-refractivity contribution in [2.24, 2.45) is 5.73 Å². The Labute approximate surface area is 156 Å². The monoisotopic (exact) mass is 373 g/mol. The van der Waals surface area contributed by atoms with Crippen molar-refractivity contribution in [3.8, 4) is 0 Å². The topological polar surface area (TPSA) is 66.6 Å². The highest BCUT2D eigenvalue weighted by Gasteiger charge is 2.22. The Bertz CT molecular complexity index is 829. The fourth-order valence-electron chi connectivity index (χ4n) is 3.30. The van der Waals surface area contributed by atoms with Crippen molar-refractivity contribution >= 4 is 15.5 Å². The number of benzene rings is 2. The average Bonchev–Trinajstić information content (AvgIpc) is 2.67. The van der Waals surface area contributed by atoms with E-state index in [1.807, 2.05) is 18.2 Å². The first-order valence-electron chi connectivity index (χ1n) is 9.09. The largest absolute Gasteiger partial charge is 0.369 e. The summed E-state index contributed by atoms with van der Waals surface area (Å²) in [6, 6.07) is 14.4. The Morgan fingerprint density at radius 1 is 1.00 bits per heavy atom.